The Bertz CT molecular complexity index is 681. The van der Waals surface area contributed by atoms with Crippen molar-refractivity contribution in [3.05, 3.63) is 48.0 Å². The molecule has 2 rings (SSSR count). The topological polar surface area (TPSA) is 35.5 Å². The van der Waals surface area contributed by atoms with Crippen molar-refractivity contribution >= 4 is 6.29 Å². The van der Waals surface area contributed by atoms with Crippen LogP contribution in [0.4, 0.5) is 13.2 Å². The molecule has 0 aliphatic rings. The van der Waals surface area contributed by atoms with Crippen molar-refractivity contribution < 1.29 is 27.4 Å². The molecule has 0 fully saturated rings. The van der Waals surface area contributed by atoms with Gasteiger partial charge in [-0.05, 0) is 35.7 Å². The Labute approximate surface area is 131 Å². The van der Waals surface area contributed by atoms with Crippen LogP contribution >= 0.6 is 0 Å². The number of aldehydes is 1. The minimum absolute atomic E-state index is 0.0273. The summed E-state index contributed by atoms with van der Waals surface area (Å²) in [4.78, 5) is 10.8. The second-order valence-corrected chi connectivity index (χ2v) is 4.80. The van der Waals surface area contributed by atoms with Crippen LogP contribution in [0.5, 0.6) is 11.5 Å². The second kappa shape index (κ2) is 7.17. The summed E-state index contributed by atoms with van der Waals surface area (Å²) < 4.78 is 47.1. The Balaban J connectivity index is 2.41. The molecule has 0 aliphatic carbocycles. The first-order valence-electron chi connectivity index (χ1n) is 7.01. The quantitative estimate of drug-likeness (QED) is 0.712. The lowest BCUT2D eigenvalue weighted by Crippen LogP contribution is -2.18. The molecule has 2 aromatic rings. The minimum Gasteiger partial charge on any atom is -0.490 e. The van der Waals surface area contributed by atoms with Gasteiger partial charge in [-0.3, -0.25) is 4.79 Å². The van der Waals surface area contributed by atoms with Gasteiger partial charge in [0, 0.05) is 5.56 Å². The van der Waals surface area contributed by atoms with Crippen molar-refractivity contribution in [3.8, 4) is 22.6 Å². The van der Waals surface area contributed by atoms with Crippen molar-refractivity contribution in [3.63, 3.8) is 0 Å². The summed E-state index contributed by atoms with van der Waals surface area (Å²) in [6.45, 7) is 2.14. The lowest BCUT2D eigenvalue weighted by molar-refractivity contribution is -0.275. The predicted octanol–water partition coefficient (Wildman–Crippen LogP) is 4.85. The monoisotopic (exact) mass is 324 g/mol. The molecule has 0 heterocycles. The lowest BCUT2D eigenvalue weighted by Gasteiger charge is -2.15. The Morgan fingerprint density at radius 1 is 1.04 bits per heavy atom. The maximum absolute atomic E-state index is 12.6. The molecule has 0 N–H and O–H groups in total. The number of benzene rings is 2. The highest BCUT2D eigenvalue weighted by Crippen LogP contribution is 2.36. The first-order chi connectivity index (χ1) is 10.9. The van der Waals surface area contributed by atoms with E-state index in [9.17, 15) is 18.0 Å². The predicted molar refractivity (Wildman–Crippen MR) is 79.7 cm³/mol. The number of hydrogen-bond acceptors (Lipinski definition) is 3. The van der Waals surface area contributed by atoms with Gasteiger partial charge in [-0.2, -0.15) is 0 Å². The number of rotatable bonds is 6. The van der Waals surface area contributed by atoms with Gasteiger partial charge >= 0.3 is 6.36 Å². The fourth-order valence-corrected chi connectivity index (χ4v) is 2.01. The molecule has 3 nitrogen and oxygen atoms in total. The van der Waals surface area contributed by atoms with Crippen molar-refractivity contribution in [1.82, 2.24) is 0 Å². The second-order valence-electron chi connectivity index (χ2n) is 4.80. The SMILES string of the molecule is CCCOc1ccc(-c2cccc(C=O)c2)cc1OC(F)(F)F. The molecule has 0 aliphatic heterocycles. The maximum Gasteiger partial charge on any atom is 0.573 e. The van der Waals surface area contributed by atoms with Crippen LogP contribution < -0.4 is 9.47 Å². The van der Waals surface area contributed by atoms with Gasteiger partial charge in [0.15, 0.2) is 11.5 Å². The molecule has 0 spiro atoms. The lowest BCUT2D eigenvalue weighted by atomic mass is 10.0. The van der Waals surface area contributed by atoms with Gasteiger partial charge in [0.2, 0.25) is 0 Å². The van der Waals surface area contributed by atoms with Crippen LogP contribution in [0.2, 0.25) is 0 Å². The van der Waals surface area contributed by atoms with Crippen LogP contribution in [-0.2, 0) is 0 Å². The summed E-state index contributed by atoms with van der Waals surface area (Å²) in [5.41, 5.74) is 1.55. The van der Waals surface area contributed by atoms with E-state index >= 15 is 0 Å². The largest absolute Gasteiger partial charge is 0.573 e. The van der Waals surface area contributed by atoms with E-state index in [1.165, 1.54) is 12.1 Å². The van der Waals surface area contributed by atoms with Crippen molar-refractivity contribution in [2.45, 2.75) is 19.7 Å². The van der Waals surface area contributed by atoms with Gasteiger partial charge in [-0.1, -0.05) is 31.2 Å². The molecular weight excluding hydrogens is 309 g/mol. The van der Waals surface area contributed by atoms with Gasteiger partial charge in [-0.15, -0.1) is 13.2 Å². The summed E-state index contributed by atoms with van der Waals surface area (Å²) in [7, 11) is 0. The van der Waals surface area contributed by atoms with Gasteiger partial charge in [-0.25, -0.2) is 0 Å². The van der Waals surface area contributed by atoms with Gasteiger partial charge in [0.05, 0.1) is 6.61 Å². The molecule has 0 amide bonds. The van der Waals surface area contributed by atoms with Crippen LogP contribution in [0.1, 0.15) is 23.7 Å². The molecular formula is C17H15F3O3. The molecule has 0 aromatic heterocycles. The smallest absolute Gasteiger partial charge is 0.490 e. The van der Waals surface area contributed by atoms with Crippen LogP contribution in [0, 0.1) is 0 Å². The third kappa shape index (κ3) is 4.74. The molecule has 122 valence electrons. The van der Waals surface area contributed by atoms with Crippen LogP contribution in [0.25, 0.3) is 11.1 Å². The fraction of sp³-hybridized carbons (Fsp3) is 0.235. The first-order valence-corrected chi connectivity index (χ1v) is 7.01. The van der Waals surface area contributed by atoms with Crippen LogP contribution in [0.3, 0.4) is 0 Å². The molecule has 0 saturated heterocycles. The summed E-state index contributed by atoms with van der Waals surface area (Å²) in [6.07, 6.45) is -3.47. The number of halogens is 3. The zero-order valence-corrected chi connectivity index (χ0v) is 12.4. The highest BCUT2D eigenvalue weighted by Gasteiger charge is 2.32. The molecule has 0 radical (unpaired) electrons. The third-order valence-electron chi connectivity index (χ3n) is 2.99. The van der Waals surface area contributed by atoms with E-state index in [1.54, 1.807) is 30.3 Å². The van der Waals surface area contributed by atoms with E-state index in [0.29, 0.717) is 29.4 Å². The Kier molecular flexibility index (Phi) is 5.26. The summed E-state index contributed by atoms with van der Waals surface area (Å²) >= 11 is 0. The number of carbonyl (C=O) groups excluding carboxylic acids is 1. The van der Waals surface area contributed by atoms with Crippen molar-refractivity contribution in [2.24, 2.45) is 0 Å². The molecule has 0 unspecified atom stereocenters. The Morgan fingerprint density at radius 3 is 2.43 bits per heavy atom. The maximum atomic E-state index is 12.6. The van der Waals surface area contributed by atoms with Crippen molar-refractivity contribution in [2.75, 3.05) is 6.61 Å². The first kappa shape index (κ1) is 16.9. The molecule has 23 heavy (non-hydrogen) atoms. The normalized spacial score (nSPS) is 11.1. The van der Waals surface area contributed by atoms with Crippen LogP contribution in [-0.4, -0.2) is 19.3 Å². The number of carbonyl (C=O) groups is 1. The van der Waals surface area contributed by atoms with E-state index in [-0.39, 0.29) is 12.4 Å². The molecule has 0 bridgehead atoms. The Hall–Kier alpha value is -2.50. The van der Waals surface area contributed by atoms with E-state index in [4.69, 9.17) is 4.74 Å². The Morgan fingerprint density at radius 2 is 1.78 bits per heavy atom. The van der Waals surface area contributed by atoms with Crippen LogP contribution in [0.15, 0.2) is 42.5 Å². The van der Waals surface area contributed by atoms with Crippen molar-refractivity contribution in [1.29, 1.82) is 0 Å². The number of ether oxygens (including phenoxy) is 2. The highest BCUT2D eigenvalue weighted by atomic mass is 19.4. The molecule has 0 saturated carbocycles. The average molecular weight is 324 g/mol. The van der Waals surface area contributed by atoms with E-state index in [0.717, 1.165) is 0 Å². The standard InChI is InChI=1S/C17H15F3O3/c1-2-8-22-15-7-6-14(10-16(15)23-17(18,19)20)13-5-3-4-12(9-13)11-21/h3-7,9-11H,2,8H2,1H3. The third-order valence-corrected chi connectivity index (χ3v) is 2.99. The van der Waals surface area contributed by atoms with E-state index in [2.05, 4.69) is 4.74 Å². The van der Waals surface area contributed by atoms with Gasteiger partial charge < -0.3 is 9.47 Å². The number of alkyl halides is 3. The average Bonchev–Trinajstić information content (AvgIpc) is 2.52. The van der Waals surface area contributed by atoms with Gasteiger partial charge in [0.25, 0.3) is 0 Å². The molecule has 2 aromatic carbocycles. The molecule has 6 heteroatoms. The fourth-order valence-electron chi connectivity index (χ4n) is 2.01. The minimum atomic E-state index is -4.81. The number of hydrogen-bond donors (Lipinski definition) is 0. The van der Waals surface area contributed by atoms with E-state index in [1.807, 2.05) is 6.92 Å². The zero-order valence-electron chi connectivity index (χ0n) is 12.4. The summed E-state index contributed by atoms with van der Waals surface area (Å²) in [6, 6.07) is 10.9. The molecule has 0 atom stereocenters. The summed E-state index contributed by atoms with van der Waals surface area (Å²) in [5.74, 6) is -0.376. The van der Waals surface area contributed by atoms with Gasteiger partial charge in [0.1, 0.15) is 6.29 Å². The zero-order chi connectivity index (χ0) is 16.9. The highest BCUT2D eigenvalue weighted by molar-refractivity contribution is 5.79. The van der Waals surface area contributed by atoms with E-state index < -0.39 is 12.1 Å². The summed E-state index contributed by atoms with van der Waals surface area (Å²) in [5, 5.41) is 0.